The molecular weight excluding hydrogens is 400 g/mol. The van der Waals surface area contributed by atoms with Gasteiger partial charge in [0, 0.05) is 29.3 Å². The van der Waals surface area contributed by atoms with E-state index in [-0.39, 0.29) is 24.1 Å². The molecule has 0 bridgehead atoms. The molecule has 31 heavy (non-hydrogen) atoms. The first-order valence-electron chi connectivity index (χ1n) is 9.99. The third-order valence-corrected chi connectivity index (χ3v) is 5.24. The average Bonchev–Trinajstić information content (AvgIpc) is 3.36. The van der Waals surface area contributed by atoms with Gasteiger partial charge < -0.3 is 9.88 Å². The molecule has 1 amide bonds. The molecule has 3 heterocycles. The van der Waals surface area contributed by atoms with Gasteiger partial charge in [-0.1, -0.05) is 12.1 Å². The number of alkyl halides is 2. The van der Waals surface area contributed by atoms with E-state index in [4.69, 9.17) is 0 Å². The van der Waals surface area contributed by atoms with E-state index in [0.29, 0.717) is 22.4 Å². The number of carbonyl (C=O) groups excluding carboxylic acids is 1. The van der Waals surface area contributed by atoms with Crippen LogP contribution in [0.3, 0.4) is 0 Å². The van der Waals surface area contributed by atoms with E-state index in [1.165, 1.54) is 10.7 Å². The largest absolute Gasteiger partial charge is 0.348 e. The van der Waals surface area contributed by atoms with E-state index < -0.39 is 6.43 Å². The summed E-state index contributed by atoms with van der Waals surface area (Å²) in [6, 6.07) is 13.0. The van der Waals surface area contributed by atoms with Crippen LogP contribution in [-0.4, -0.2) is 25.2 Å². The van der Waals surface area contributed by atoms with Gasteiger partial charge in [-0.3, -0.25) is 4.79 Å². The molecule has 0 aliphatic heterocycles. The molecule has 3 aromatic heterocycles. The Morgan fingerprint density at radius 3 is 2.45 bits per heavy atom. The first-order valence-corrected chi connectivity index (χ1v) is 9.99. The first kappa shape index (κ1) is 20.7. The fourth-order valence-electron chi connectivity index (χ4n) is 3.75. The number of nitrogens with zero attached hydrogens (tertiary/aromatic N) is 4. The van der Waals surface area contributed by atoms with E-state index in [2.05, 4.69) is 15.4 Å². The second-order valence-electron chi connectivity index (χ2n) is 7.57. The molecule has 0 spiro atoms. The smallest absolute Gasteiger partial charge is 0.264 e. The quantitative estimate of drug-likeness (QED) is 0.491. The lowest BCUT2D eigenvalue weighted by molar-refractivity contribution is -0.122. The number of carbonyl (C=O) groups is 1. The van der Waals surface area contributed by atoms with Crippen LogP contribution in [0.5, 0.6) is 0 Å². The van der Waals surface area contributed by atoms with Gasteiger partial charge in [-0.2, -0.15) is 5.10 Å². The van der Waals surface area contributed by atoms with E-state index in [1.54, 1.807) is 13.8 Å². The number of aromatic nitrogens is 4. The number of hydrogen-bond donors (Lipinski definition) is 1. The fraction of sp³-hybridized carbons (Fsp3) is 0.261. The number of rotatable bonds is 6. The number of amides is 1. The molecule has 0 saturated carbocycles. The summed E-state index contributed by atoms with van der Waals surface area (Å²) >= 11 is 0. The topological polar surface area (TPSA) is 64.7 Å². The average molecular weight is 423 g/mol. The number of pyridine rings is 1. The predicted molar refractivity (Wildman–Crippen MR) is 114 cm³/mol. The van der Waals surface area contributed by atoms with Crippen molar-refractivity contribution in [1.82, 2.24) is 24.6 Å². The third-order valence-electron chi connectivity index (χ3n) is 5.24. The van der Waals surface area contributed by atoms with Crippen LogP contribution in [0, 0.1) is 13.8 Å². The van der Waals surface area contributed by atoms with Gasteiger partial charge in [0.2, 0.25) is 5.91 Å². The van der Waals surface area contributed by atoms with Crippen molar-refractivity contribution >= 4 is 16.9 Å². The lowest BCUT2D eigenvalue weighted by Gasteiger charge is -2.15. The molecule has 6 nitrogen and oxygen atoms in total. The Morgan fingerprint density at radius 1 is 1.13 bits per heavy atom. The van der Waals surface area contributed by atoms with E-state index in [9.17, 15) is 13.6 Å². The summed E-state index contributed by atoms with van der Waals surface area (Å²) in [5.41, 5.74) is 3.07. The van der Waals surface area contributed by atoms with Crippen molar-refractivity contribution in [2.45, 2.75) is 39.8 Å². The SMILES string of the molecule is Cc1cc(C(F)F)c2c(C)nn(CC(=O)NC(C)c3ccc(-n4cccc4)cc3)c2n1. The Hall–Kier alpha value is -3.55. The van der Waals surface area contributed by atoms with Gasteiger partial charge in [0.1, 0.15) is 6.54 Å². The van der Waals surface area contributed by atoms with Gasteiger partial charge in [0.15, 0.2) is 5.65 Å². The number of aryl methyl sites for hydroxylation is 2. The van der Waals surface area contributed by atoms with Crippen molar-refractivity contribution in [2.24, 2.45) is 0 Å². The van der Waals surface area contributed by atoms with Crippen molar-refractivity contribution in [3.8, 4) is 5.69 Å². The first-order chi connectivity index (χ1) is 14.8. The minimum atomic E-state index is -2.64. The Balaban J connectivity index is 1.50. The standard InChI is InChI=1S/C23H23F2N5O/c1-14-12-19(22(24)25)21-16(3)28-30(23(21)26-14)13-20(31)27-15(2)17-6-8-18(9-7-17)29-10-4-5-11-29/h4-12,15,22H,13H2,1-3H3,(H,27,31). The highest BCUT2D eigenvalue weighted by atomic mass is 19.3. The van der Waals surface area contributed by atoms with Gasteiger partial charge in [-0.25, -0.2) is 18.4 Å². The van der Waals surface area contributed by atoms with Crippen LogP contribution in [0.2, 0.25) is 0 Å². The molecule has 0 radical (unpaired) electrons. The highest BCUT2D eigenvalue weighted by molar-refractivity contribution is 5.84. The minimum Gasteiger partial charge on any atom is -0.348 e. The summed E-state index contributed by atoms with van der Waals surface area (Å²) in [7, 11) is 0. The lowest BCUT2D eigenvalue weighted by atomic mass is 10.1. The normalized spacial score (nSPS) is 12.5. The van der Waals surface area contributed by atoms with E-state index in [1.807, 2.05) is 60.3 Å². The molecule has 0 saturated heterocycles. The minimum absolute atomic E-state index is 0.102. The van der Waals surface area contributed by atoms with Crippen molar-refractivity contribution in [2.75, 3.05) is 0 Å². The Bertz CT molecular complexity index is 1210. The fourth-order valence-corrected chi connectivity index (χ4v) is 3.75. The zero-order chi connectivity index (χ0) is 22.1. The van der Waals surface area contributed by atoms with Crippen LogP contribution in [-0.2, 0) is 11.3 Å². The second kappa shape index (κ2) is 8.29. The van der Waals surface area contributed by atoms with E-state index in [0.717, 1.165) is 11.3 Å². The lowest BCUT2D eigenvalue weighted by Crippen LogP contribution is -2.30. The van der Waals surface area contributed by atoms with Gasteiger partial charge in [-0.05, 0) is 56.7 Å². The summed E-state index contributed by atoms with van der Waals surface area (Å²) in [6.45, 7) is 5.09. The Labute approximate surface area is 178 Å². The monoisotopic (exact) mass is 423 g/mol. The van der Waals surface area contributed by atoms with Crippen molar-refractivity contribution < 1.29 is 13.6 Å². The van der Waals surface area contributed by atoms with E-state index >= 15 is 0 Å². The number of hydrogen-bond acceptors (Lipinski definition) is 3. The summed E-state index contributed by atoms with van der Waals surface area (Å²) in [5.74, 6) is -0.270. The van der Waals surface area contributed by atoms with Crippen LogP contribution in [0.1, 0.15) is 41.9 Å². The maximum absolute atomic E-state index is 13.5. The molecule has 160 valence electrons. The molecule has 1 atom stereocenters. The maximum Gasteiger partial charge on any atom is 0.264 e. The molecule has 0 fully saturated rings. The molecule has 4 rings (SSSR count). The maximum atomic E-state index is 13.5. The molecule has 8 heteroatoms. The molecular formula is C23H23F2N5O. The van der Waals surface area contributed by atoms with Gasteiger partial charge in [0.05, 0.1) is 17.1 Å². The van der Waals surface area contributed by atoms with Crippen molar-refractivity contribution in [1.29, 1.82) is 0 Å². The number of benzene rings is 1. The van der Waals surface area contributed by atoms with Crippen LogP contribution in [0.4, 0.5) is 8.78 Å². The van der Waals surface area contributed by atoms with Crippen molar-refractivity contribution in [3.63, 3.8) is 0 Å². The zero-order valence-electron chi connectivity index (χ0n) is 17.5. The highest BCUT2D eigenvalue weighted by Crippen LogP contribution is 2.30. The van der Waals surface area contributed by atoms with Crippen molar-refractivity contribution in [3.05, 3.63) is 77.4 Å². The van der Waals surface area contributed by atoms with Gasteiger partial charge in [-0.15, -0.1) is 0 Å². The molecule has 1 N–H and O–H groups in total. The summed E-state index contributed by atoms with van der Waals surface area (Å²) < 4.78 is 30.3. The highest BCUT2D eigenvalue weighted by Gasteiger charge is 2.21. The number of nitrogens with one attached hydrogen (secondary N) is 1. The second-order valence-corrected chi connectivity index (χ2v) is 7.57. The molecule has 1 aromatic carbocycles. The van der Waals surface area contributed by atoms with Crippen LogP contribution in [0.15, 0.2) is 54.9 Å². The molecule has 4 aromatic rings. The molecule has 0 aliphatic carbocycles. The molecule has 1 unspecified atom stereocenters. The predicted octanol–water partition coefficient (Wildman–Crippen LogP) is 4.65. The summed E-state index contributed by atoms with van der Waals surface area (Å²) in [4.78, 5) is 17.0. The van der Waals surface area contributed by atoms with Gasteiger partial charge in [0.25, 0.3) is 6.43 Å². The number of halogens is 2. The zero-order valence-corrected chi connectivity index (χ0v) is 17.5. The van der Waals surface area contributed by atoms with Gasteiger partial charge >= 0.3 is 0 Å². The molecule has 0 aliphatic rings. The van der Waals surface area contributed by atoms with Crippen LogP contribution >= 0.6 is 0 Å². The van der Waals surface area contributed by atoms with Crippen LogP contribution < -0.4 is 5.32 Å². The van der Waals surface area contributed by atoms with Crippen LogP contribution in [0.25, 0.3) is 16.7 Å². The summed E-state index contributed by atoms with van der Waals surface area (Å²) in [6.07, 6.45) is 1.29. The third kappa shape index (κ3) is 4.19. The Kier molecular flexibility index (Phi) is 5.54. The number of fused-ring (bicyclic) bond motifs is 1. The summed E-state index contributed by atoms with van der Waals surface area (Å²) in [5, 5.41) is 7.54. The Morgan fingerprint density at radius 2 is 1.81 bits per heavy atom.